The van der Waals surface area contributed by atoms with Crippen molar-refractivity contribution in [1.29, 1.82) is 0 Å². The van der Waals surface area contributed by atoms with Gasteiger partial charge in [0.2, 0.25) is 0 Å². The number of fused-ring (bicyclic) bond motifs is 1. The van der Waals surface area contributed by atoms with E-state index in [0.29, 0.717) is 0 Å². The molecule has 0 unspecified atom stereocenters. The topological polar surface area (TPSA) is 0 Å². The fourth-order valence-corrected chi connectivity index (χ4v) is 13.7. The summed E-state index contributed by atoms with van der Waals surface area (Å²) < 4.78 is 2.83. The largest absolute Gasteiger partial charge is 0.143 e. The van der Waals surface area contributed by atoms with Crippen LogP contribution in [0.25, 0.3) is 58.2 Å². The average molecular weight is 719 g/mol. The van der Waals surface area contributed by atoms with E-state index in [1.54, 1.807) is 0 Å². The molecule has 7 heteroatoms. The summed E-state index contributed by atoms with van der Waals surface area (Å²) in [6, 6.07) is 23.6. The molecular formula is C38H38S7. The Morgan fingerprint density at radius 1 is 0.400 bits per heavy atom. The van der Waals surface area contributed by atoms with Crippen LogP contribution in [0.2, 0.25) is 0 Å². The summed E-state index contributed by atoms with van der Waals surface area (Å²) in [4.78, 5) is 14.2. The van der Waals surface area contributed by atoms with Crippen LogP contribution in [0.5, 0.6) is 0 Å². The third-order valence-corrected chi connectivity index (χ3v) is 16.7. The van der Waals surface area contributed by atoms with Crippen LogP contribution < -0.4 is 0 Å². The monoisotopic (exact) mass is 718 g/mol. The molecule has 0 radical (unpaired) electrons. The van der Waals surface area contributed by atoms with Gasteiger partial charge in [-0.25, -0.2) is 0 Å². The van der Waals surface area contributed by atoms with Crippen molar-refractivity contribution in [2.24, 2.45) is 0 Å². The number of aryl methyl sites for hydroxylation is 2. The number of hydrogen-bond donors (Lipinski definition) is 0. The standard InChI is InChI=1S/C38H38S7/c1-3-5-7-9-11-25-19-21-40-37(25)32-17-15-29(42-32)27-13-14-28(41-27)30-16-18-33(43-30)38-26(12-10-8-6-4-2)23-35(45-38)36-24-34-31(44-36)20-22-39-34/h13-24H,3-12H2,1-2H3. The first kappa shape index (κ1) is 31.7. The lowest BCUT2D eigenvalue weighted by molar-refractivity contribution is 0.668. The Morgan fingerprint density at radius 3 is 1.60 bits per heavy atom. The first-order valence-electron chi connectivity index (χ1n) is 16.2. The number of hydrogen-bond acceptors (Lipinski definition) is 7. The molecule has 7 aromatic heterocycles. The quantitative estimate of drug-likeness (QED) is 0.0926. The van der Waals surface area contributed by atoms with Crippen molar-refractivity contribution in [2.45, 2.75) is 78.1 Å². The van der Waals surface area contributed by atoms with Gasteiger partial charge >= 0.3 is 0 Å². The Hall–Kier alpha value is -1.84. The van der Waals surface area contributed by atoms with E-state index >= 15 is 0 Å². The Morgan fingerprint density at radius 2 is 0.956 bits per heavy atom. The summed E-state index contributed by atoms with van der Waals surface area (Å²) in [5, 5.41) is 4.48. The van der Waals surface area contributed by atoms with Crippen molar-refractivity contribution in [1.82, 2.24) is 0 Å². The highest BCUT2D eigenvalue weighted by molar-refractivity contribution is 7.32. The van der Waals surface area contributed by atoms with Gasteiger partial charge in [0.05, 0.1) is 0 Å². The zero-order valence-electron chi connectivity index (χ0n) is 25.9. The average Bonchev–Trinajstić information content (AvgIpc) is 3.88. The highest BCUT2D eigenvalue weighted by Gasteiger charge is 2.18. The number of unbranched alkanes of at least 4 members (excludes halogenated alkanes) is 6. The van der Waals surface area contributed by atoms with E-state index in [1.807, 2.05) is 79.4 Å². The maximum Gasteiger partial charge on any atom is 0.0481 e. The second-order valence-corrected chi connectivity index (χ2v) is 18.9. The van der Waals surface area contributed by atoms with Crippen molar-refractivity contribution in [3.05, 3.63) is 82.6 Å². The third kappa shape index (κ3) is 7.20. The lowest BCUT2D eigenvalue weighted by Crippen LogP contribution is -1.85. The van der Waals surface area contributed by atoms with Gasteiger partial charge in [0.1, 0.15) is 0 Å². The van der Waals surface area contributed by atoms with Crippen LogP contribution in [0.15, 0.2) is 71.4 Å². The van der Waals surface area contributed by atoms with Crippen molar-refractivity contribution in [3.8, 4) is 48.8 Å². The second kappa shape index (κ2) is 14.9. The molecule has 0 saturated heterocycles. The van der Waals surface area contributed by atoms with Crippen molar-refractivity contribution < 1.29 is 0 Å². The van der Waals surface area contributed by atoms with E-state index in [9.17, 15) is 0 Å². The summed E-state index contributed by atoms with van der Waals surface area (Å²) >= 11 is 13.6. The molecule has 0 fully saturated rings. The molecule has 0 aliphatic carbocycles. The van der Waals surface area contributed by atoms with E-state index in [4.69, 9.17) is 0 Å². The molecule has 45 heavy (non-hydrogen) atoms. The summed E-state index contributed by atoms with van der Waals surface area (Å²) in [7, 11) is 0. The van der Waals surface area contributed by atoms with Gasteiger partial charge in [-0.05, 0) is 108 Å². The van der Waals surface area contributed by atoms with E-state index in [0.717, 1.165) is 0 Å². The first-order chi connectivity index (χ1) is 22.2. The number of rotatable bonds is 15. The van der Waals surface area contributed by atoms with Gasteiger partial charge < -0.3 is 0 Å². The van der Waals surface area contributed by atoms with Gasteiger partial charge in [-0.15, -0.1) is 79.4 Å². The van der Waals surface area contributed by atoms with E-state index < -0.39 is 0 Å². The van der Waals surface area contributed by atoms with Gasteiger partial charge in [-0.3, -0.25) is 0 Å². The molecule has 0 aliphatic heterocycles. The van der Waals surface area contributed by atoms with Gasteiger partial charge in [0.25, 0.3) is 0 Å². The van der Waals surface area contributed by atoms with Crippen LogP contribution in [-0.2, 0) is 12.8 Å². The Labute approximate surface area is 295 Å². The molecule has 0 N–H and O–H groups in total. The molecule has 0 nitrogen and oxygen atoms in total. The van der Waals surface area contributed by atoms with Crippen LogP contribution in [-0.4, -0.2) is 0 Å². The SMILES string of the molecule is CCCCCCc1ccsc1-c1ccc(-c2ccc(-c3ccc(-c4sc(-c5cc6sccc6s5)cc4CCCCCC)s3)s2)s1. The van der Waals surface area contributed by atoms with Crippen LogP contribution in [0, 0.1) is 0 Å². The minimum absolute atomic E-state index is 1.17. The number of thiophene rings is 7. The molecule has 0 spiro atoms. The summed E-state index contributed by atoms with van der Waals surface area (Å²) in [6.45, 7) is 4.59. The molecule has 7 aromatic rings. The third-order valence-electron chi connectivity index (χ3n) is 8.29. The Kier molecular flexibility index (Phi) is 10.5. The molecule has 7 heterocycles. The minimum Gasteiger partial charge on any atom is -0.143 e. The molecule has 0 bridgehead atoms. The first-order valence-corrected chi connectivity index (χ1v) is 22.0. The van der Waals surface area contributed by atoms with Gasteiger partial charge in [0, 0.05) is 58.2 Å². The van der Waals surface area contributed by atoms with Gasteiger partial charge in [-0.1, -0.05) is 52.4 Å². The normalized spacial score (nSPS) is 11.8. The predicted octanol–water partition coefficient (Wildman–Crippen LogP) is 15.9. The van der Waals surface area contributed by atoms with E-state index in [-0.39, 0.29) is 0 Å². The highest BCUT2D eigenvalue weighted by atomic mass is 32.1. The lowest BCUT2D eigenvalue weighted by Gasteiger charge is -2.02. The van der Waals surface area contributed by atoms with Crippen LogP contribution in [0.4, 0.5) is 0 Å². The van der Waals surface area contributed by atoms with Crippen LogP contribution in [0.3, 0.4) is 0 Å². The highest BCUT2D eigenvalue weighted by Crippen LogP contribution is 2.48. The summed E-state index contributed by atoms with van der Waals surface area (Å²) in [5.41, 5.74) is 3.07. The summed E-state index contributed by atoms with van der Waals surface area (Å²) in [6.07, 6.45) is 12.9. The van der Waals surface area contributed by atoms with Crippen molar-refractivity contribution >= 4 is 88.8 Å². The molecule has 0 aliphatic rings. The lowest BCUT2D eigenvalue weighted by atomic mass is 10.1. The van der Waals surface area contributed by atoms with Crippen LogP contribution >= 0.6 is 79.4 Å². The predicted molar refractivity (Wildman–Crippen MR) is 212 cm³/mol. The molecule has 0 aromatic carbocycles. The molecule has 232 valence electrons. The van der Waals surface area contributed by atoms with Crippen LogP contribution in [0.1, 0.15) is 76.3 Å². The molecule has 0 atom stereocenters. The zero-order chi connectivity index (χ0) is 30.6. The molecule has 0 saturated carbocycles. The summed E-state index contributed by atoms with van der Waals surface area (Å²) in [5.74, 6) is 0. The Bertz CT molecular complexity index is 1930. The van der Waals surface area contributed by atoms with E-state index in [1.165, 1.54) is 134 Å². The van der Waals surface area contributed by atoms with Crippen molar-refractivity contribution in [2.75, 3.05) is 0 Å². The van der Waals surface area contributed by atoms with Gasteiger partial charge in [-0.2, -0.15) is 0 Å². The Balaban J connectivity index is 1.10. The zero-order valence-corrected chi connectivity index (χ0v) is 31.6. The second-order valence-electron chi connectivity index (χ2n) is 11.6. The minimum atomic E-state index is 1.17. The fourth-order valence-electron chi connectivity index (χ4n) is 5.85. The smallest absolute Gasteiger partial charge is 0.0481 e. The molecule has 0 amide bonds. The fraction of sp³-hybridized carbons (Fsp3) is 0.316. The van der Waals surface area contributed by atoms with Gasteiger partial charge in [0.15, 0.2) is 0 Å². The maximum absolute atomic E-state index is 2.50. The van der Waals surface area contributed by atoms with E-state index in [2.05, 4.69) is 85.3 Å². The van der Waals surface area contributed by atoms with Crippen molar-refractivity contribution in [3.63, 3.8) is 0 Å². The maximum atomic E-state index is 2.50. The molecular weight excluding hydrogens is 681 g/mol. The molecule has 7 rings (SSSR count).